The molecule has 2 aromatic heterocycles. The quantitative estimate of drug-likeness (QED) is 0.393. The van der Waals surface area contributed by atoms with E-state index in [-0.39, 0.29) is 28.4 Å². The molecule has 1 aromatic carbocycles. The topological polar surface area (TPSA) is 124 Å². The number of esters is 1. The van der Waals surface area contributed by atoms with Crippen molar-refractivity contribution in [3.63, 3.8) is 0 Å². The number of nitrogens with zero attached hydrogens (tertiary/aromatic N) is 2. The number of aryl methyl sites for hydroxylation is 2. The van der Waals surface area contributed by atoms with Gasteiger partial charge in [-0.25, -0.2) is 9.78 Å². The summed E-state index contributed by atoms with van der Waals surface area (Å²) in [5, 5.41) is 11.6. The van der Waals surface area contributed by atoms with Gasteiger partial charge < -0.3 is 14.5 Å². The number of thiophene rings is 1. The SMILES string of the molecule is COc1ccc(C(=O)OC(C)c2nc3sc(C)c(C)c3c(=O)[nH]2)cc1[N+](=O)[O-]. The van der Waals surface area contributed by atoms with Gasteiger partial charge in [0.1, 0.15) is 4.83 Å². The molecule has 0 saturated heterocycles. The molecule has 0 fully saturated rings. The Morgan fingerprint density at radius 2 is 2.07 bits per heavy atom. The number of nitro groups is 1. The molecule has 2 heterocycles. The summed E-state index contributed by atoms with van der Waals surface area (Å²) >= 11 is 1.39. The van der Waals surface area contributed by atoms with Gasteiger partial charge in [-0.1, -0.05) is 0 Å². The van der Waals surface area contributed by atoms with E-state index >= 15 is 0 Å². The Hall–Kier alpha value is -3.27. The highest BCUT2D eigenvalue weighted by molar-refractivity contribution is 7.18. The van der Waals surface area contributed by atoms with Crippen molar-refractivity contribution in [3.05, 3.63) is 60.5 Å². The third kappa shape index (κ3) is 3.46. The van der Waals surface area contributed by atoms with E-state index in [2.05, 4.69) is 9.97 Å². The molecule has 0 amide bonds. The number of nitrogens with one attached hydrogen (secondary N) is 1. The largest absolute Gasteiger partial charge is 0.490 e. The second kappa shape index (κ2) is 7.39. The van der Waals surface area contributed by atoms with Crippen molar-refractivity contribution in [2.24, 2.45) is 0 Å². The molecule has 0 saturated carbocycles. The van der Waals surface area contributed by atoms with E-state index in [9.17, 15) is 19.7 Å². The van der Waals surface area contributed by atoms with Crippen LogP contribution in [0.5, 0.6) is 5.75 Å². The minimum Gasteiger partial charge on any atom is -0.490 e. The number of rotatable bonds is 5. The molecular formula is C18H17N3O6S. The van der Waals surface area contributed by atoms with E-state index in [0.29, 0.717) is 10.2 Å². The van der Waals surface area contributed by atoms with Gasteiger partial charge in [-0.3, -0.25) is 14.9 Å². The van der Waals surface area contributed by atoms with Crippen LogP contribution in [0, 0.1) is 24.0 Å². The number of nitro benzene ring substituents is 1. The van der Waals surface area contributed by atoms with Crippen molar-refractivity contribution in [2.45, 2.75) is 26.9 Å². The van der Waals surface area contributed by atoms with Gasteiger partial charge in [0, 0.05) is 10.9 Å². The molecule has 0 spiro atoms. The van der Waals surface area contributed by atoms with Gasteiger partial charge >= 0.3 is 11.7 Å². The number of carbonyl (C=O) groups excluding carboxylic acids is 1. The number of aromatic amines is 1. The highest BCUT2D eigenvalue weighted by Gasteiger charge is 2.22. The minimum atomic E-state index is -0.853. The van der Waals surface area contributed by atoms with E-state index in [0.717, 1.165) is 16.5 Å². The van der Waals surface area contributed by atoms with Gasteiger partial charge in [-0.15, -0.1) is 11.3 Å². The van der Waals surface area contributed by atoms with Crippen LogP contribution >= 0.6 is 11.3 Å². The van der Waals surface area contributed by atoms with E-state index in [1.807, 2.05) is 13.8 Å². The lowest BCUT2D eigenvalue weighted by atomic mass is 10.2. The lowest BCUT2D eigenvalue weighted by molar-refractivity contribution is -0.385. The Morgan fingerprint density at radius 1 is 1.36 bits per heavy atom. The first-order chi connectivity index (χ1) is 13.2. The van der Waals surface area contributed by atoms with Crippen LogP contribution in [0.25, 0.3) is 10.2 Å². The normalized spacial score (nSPS) is 12.0. The summed E-state index contributed by atoms with van der Waals surface area (Å²) in [7, 11) is 1.30. The zero-order valence-corrected chi connectivity index (χ0v) is 16.4. The molecule has 0 bridgehead atoms. The van der Waals surface area contributed by atoms with Gasteiger partial charge in [0.15, 0.2) is 17.7 Å². The summed E-state index contributed by atoms with van der Waals surface area (Å²) in [5.41, 5.74) is 0.216. The van der Waals surface area contributed by atoms with Crippen LogP contribution in [0.3, 0.4) is 0 Å². The van der Waals surface area contributed by atoms with E-state index in [4.69, 9.17) is 9.47 Å². The molecule has 146 valence electrons. The first-order valence-electron chi connectivity index (χ1n) is 8.26. The fourth-order valence-corrected chi connectivity index (χ4v) is 3.74. The molecule has 1 unspecified atom stereocenters. The molecule has 9 nitrogen and oxygen atoms in total. The number of ether oxygens (including phenoxy) is 2. The number of aromatic nitrogens is 2. The van der Waals surface area contributed by atoms with E-state index in [1.165, 1.54) is 30.6 Å². The number of methoxy groups -OCH3 is 1. The smallest absolute Gasteiger partial charge is 0.339 e. The monoisotopic (exact) mass is 403 g/mol. The summed E-state index contributed by atoms with van der Waals surface area (Å²) in [4.78, 5) is 43.8. The summed E-state index contributed by atoms with van der Waals surface area (Å²) in [6, 6.07) is 3.77. The third-order valence-electron chi connectivity index (χ3n) is 4.34. The maximum atomic E-state index is 12.4. The maximum Gasteiger partial charge on any atom is 0.339 e. The first kappa shape index (κ1) is 19.5. The van der Waals surface area contributed by atoms with Crippen LogP contribution in [0.1, 0.15) is 39.7 Å². The number of hydrogen-bond donors (Lipinski definition) is 1. The molecule has 1 N–H and O–H groups in total. The molecule has 28 heavy (non-hydrogen) atoms. The van der Waals surface area contributed by atoms with Crippen molar-refractivity contribution in [1.29, 1.82) is 0 Å². The Balaban J connectivity index is 1.89. The molecular weight excluding hydrogens is 386 g/mol. The average Bonchev–Trinajstić information content (AvgIpc) is 2.95. The molecule has 0 radical (unpaired) electrons. The first-order valence-corrected chi connectivity index (χ1v) is 9.08. The van der Waals surface area contributed by atoms with Crippen LogP contribution in [-0.2, 0) is 4.74 Å². The number of fused-ring (bicyclic) bond motifs is 1. The second-order valence-electron chi connectivity index (χ2n) is 6.11. The highest BCUT2D eigenvalue weighted by atomic mass is 32.1. The molecule has 0 aliphatic heterocycles. The Kier molecular flexibility index (Phi) is 5.14. The lowest BCUT2D eigenvalue weighted by Gasteiger charge is -2.13. The predicted molar refractivity (Wildman–Crippen MR) is 103 cm³/mol. The van der Waals surface area contributed by atoms with E-state index < -0.39 is 17.0 Å². The fraction of sp³-hybridized carbons (Fsp3) is 0.278. The van der Waals surface area contributed by atoms with Crippen LogP contribution in [0.2, 0.25) is 0 Å². The van der Waals surface area contributed by atoms with Gasteiger partial charge in [0.25, 0.3) is 5.56 Å². The second-order valence-corrected chi connectivity index (χ2v) is 7.31. The summed E-state index contributed by atoms with van der Waals surface area (Å²) in [5.74, 6) is -0.538. The van der Waals surface area contributed by atoms with Gasteiger partial charge in [0.05, 0.1) is 23.0 Å². The van der Waals surface area contributed by atoms with E-state index in [1.54, 1.807) is 6.92 Å². The molecule has 0 aliphatic carbocycles. The predicted octanol–water partition coefficient (Wildman–Crippen LogP) is 3.44. The minimum absolute atomic E-state index is 0.00872. The van der Waals surface area contributed by atoms with Gasteiger partial charge in [-0.2, -0.15) is 0 Å². The van der Waals surface area contributed by atoms with Crippen molar-refractivity contribution in [2.75, 3.05) is 7.11 Å². The Bertz CT molecular complexity index is 1150. The maximum absolute atomic E-state index is 12.4. The fourth-order valence-electron chi connectivity index (χ4n) is 2.71. The zero-order chi connectivity index (χ0) is 20.6. The van der Waals surface area contributed by atoms with Crippen LogP contribution in [0.15, 0.2) is 23.0 Å². The van der Waals surface area contributed by atoms with Crippen molar-refractivity contribution >= 4 is 33.2 Å². The van der Waals surface area contributed by atoms with Crippen LogP contribution < -0.4 is 10.3 Å². The van der Waals surface area contributed by atoms with Crippen molar-refractivity contribution < 1.29 is 19.2 Å². The highest BCUT2D eigenvalue weighted by Crippen LogP contribution is 2.29. The van der Waals surface area contributed by atoms with Gasteiger partial charge in [-0.05, 0) is 38.5 Å². The summed E-state index contributed by atoms with van der Waals surface area (Å²) < 4.78 is 10.3. The molecule has 10 heteroatoms. The Morgan fingerprint density at radius 3 is 2.71 bits per heavy atom. The molecule has 3 rings (SSSR count). The average molecular weight is 403 g/mol. The number of hydrogen-bond acceptors (Lipinski definition) is 8. The van der Waals surface area contributed by atoms with Crippen LogP contribution in [-0.4, -0.2) is 28.0 Å². The number of H-pyrrole nitrogens is 1. The van der Waals surface area contributed by atoms with Gasteiger partial charge in [0.2, 0.25) is 0 Å². The van der Waals surface area contributed by atoms with Crippen molar-refractivity contribution in [3.8, 4) is 5.75 Å². The third-order valence-corrected chi connectivity index (χ3v) is 5.44. The zero-order valence-electron chi connectivity index (χ0n) is 15.6. The number of carbonyl (C=O) groups is 1. The van der Waals surface area contributed by atoms with Crippen molar-refractivity contribution in [1.82, 2.24) is 9.97 Å². The number of benzene rings is 1. The van der Waals surface area contributed by atoms with Crippen LogP contribution in [0.4, 0.5) is 5.69 Å². The summed E-state index contributed by atoms with van der Waals surface area (Å²) in [6.45, 7) is 5.32. The standard InChI is InChI=1S/C18H17N3O6S/c1-8-10(3)28-17-14(8)16(22)19-15(20-17)9(2)27-18(23)11-5-6-13(26-4)12(7-11)21(24)25/h5-7,9H,1-4H3,(H,19,20,22). The molecule has 1 atom stereocenters. The Labute approximate surface area is 163 Å². The molecule has 0 aliphatic rings. The lowest BCUT2D eigenvalue weighted by Crippen LogP contribution is -2.17. The summed E-state index contributed by atoms with van der Waals surface area (Å²) in [6.07, 6.45) is -0.853. The molecule has 3 aromatic rings.